The zero-order valence-corrected chi connectivity index (χ0v) is 16.6. The second kappa shape index (κ2) is 8.26. The Morgan fingerprint density at radius 3 is 2.68 bits per heavy atom. The largest absolute Gasteiger partial charge is 0.370 e. The number of ether oxygens (including phenoxy) is 1. The molecule has 0 spiro atoms. The Morgan fingerprint density at radius 1 is 1.18 bits per heavy atom. The predicted molar refractivity (Wildman–Crippen MR) is 109 cm³/mol. The summed E-state index contributed by atoms with van der Waals surface area (Å²) in [6.45, 7) is 1.24. The fraction of sp³-hybridized carbons (Fsp3) is 0.250. The van der Waals surface area contributed by atoms with E-state index in [1.165, 1.54) is 11.3 Å². The minimum absolute atomic E-state index is 0.0272. The van der Waals surface area contributed by atoms with Crippen LogP contribution in [0, 0.1) is 0 Å². The van der Waals surface area contributed by atoms with Crippen molar-refractivity contribution in [1.29, 1.82) is 0 Å². The number of anilines is 1. The van der Waals surface area contributed by atoms with E-state index in [-0.39, 0.29) is 18.3 Å². The van der Waals surface area contributed by atoms with E-state index in [4.69, 9.17) is 16.3 Å². The van der Waals surface area contributed by atoms with Crippen molar-refractivity contribution in [2.45, 2.75) is 12.8 Å². The number of thiophene rings is 1. The highest BCUT2D eigenvalue weighted by molar-refractivity contribution is 7.18. The number of amides is 1. The summed E-state index contributed by atoms with van der Waals surface area (Å²) in [5.74, 6) is 0.0478. The molecule has 0 bridgehead atoms. The minimum atomic E-state index is -0.0272. The molecular weight excluding hydrogens is 398 g/mol. The Bertz CT molecular complexity index is 996. The van der Waals surface area contributed by atoms with E-state index in [0.717, 1.165) is 17.1 Å². The van der Waals surface area contributed by atoms with Crippen LogP contribution >= 0.6 is 22.9 Å². The van der Waals surface area contributed by atoms with Crippen molar-refractivity contribution in [3.05, 3.63) is 63.8 Å². The number of carbonyl (C=O) groups excluding carboxylic acids is 2. The summed E-state index contributed by atoms with van der Waals surface area (Å²) in [6.07, 6.45) is 4.62. The van der Waals surface area contributed by atoms with Crippen LogP contribution in [-0.2, 0) is 16.0 Å². The van der Waals surface area contributed by atoms with Gasteiger partial charge in [0.15, 0.2) is 5.78 Å². The molecule has 1 aromatic carbocycles. The van der Waals surface area contributed by atoms with Crippen LogP contribution in [0.3, 0.4) is 0 Å². The molecule has 144 valence electrons. The molecule has 8 heteroatoms. The lowest BCUT2D eigenvalue weighted by atomic mass is 10.1. The quantitative estimate of drug-likeness (QED) is 0.575. The van der Waals surface area contributed by atoms with E-state index in [9.17, 15) is 9.59 Å². The van der Waals surface area contributed by atoms with Gasteiger partial charge in [-0.3, -0.25) is 9.59 Å². The van der Waals surface area contributed by atoms with Crippen LogP contribution < -0.4 is 4.90 Å². The number of morpholine rings is 1. The van der Waals surface area contributed by atoms with E-state index >= 15 is 0 Å². The maximum atomic E-state index is 12.2. The van der Waals surface area contributed by atoms with Crippen LogP contribution in [0.25, 0.3) is 5.69 Å². The average molecular weight is 416 g/mol. The Morgan fingerprint density at radius 2 is 1.96 bits per heavy atom. The molecule has 2 aromatic heterocycles. The number of Topliss-reactive ketones (excluding diaryl/α,β-unsaturated/α-hetero) is 1. The summed E-state index contributed by atoms with van der Waals surface area (Å²) in [6, 6.07) is 11.2. The van der Waals surface area contributed by atoms with Gasteiger partial charge in [0.05, 0.1) is 27.8 Å². The fourth-order valence-electron chi connectivity index (χ4n) is 3.06. The normalized spacial score (nSPS) is 14.5. The second-order valence-corrected chi connectivity index (χ2v) is 8.13. The van der Waals surface area contributed by atoms with Crippen LogP contribution in [0.4, 0.5) is 5.69 Å². The Hall–Kier alpha value is -2.48. The number of ketones is 1. The van der Waals surface area contributed by atoms with Crippen LogP contribution in [-0.4, -0.2) is 41.0 Å². The van der Waals surface area contributed by atoms with Gasteiger partial charge >= 0.3 is 0 Å². The van der Waals surface area contributed by atoms with E-state index in [1.54, 1.807) is 23.4 Å². The van der Waals surface area contributed by atoms with Gasteiger partial charge in [0.25, 0.3) is 5.91 Å². The number of benzene rings is 1. The second-order valence-electron chi connectivity index (χ2n) is 6.41. The number of hydrogen-bond donors (Lipinski definition) is 0. The standard InChI is InChI=1S/C20H18ClN3O3S/c21-19-8-7-18(28-19)17(25)6-1-14-11-23(13-22-14)15-2-4-16(5-3-15)24-9-10-27-12-20(24)26/h2-5,7-8,11,13H,1,6,9-10,12H2. The molecule has 1 amide bonds. The van der Waals surface area contributed by atoms with E-state index < -0.39 is 0 Å². The topological polar surface area (TPSA) is 64.4 Å². The highest BCUT2D eigenvalue weighted by Gasteiger charge is 2.20. The number of rotatable bonds is 6. The van der Waals surface area contributed by atoms with Crippen molar-refractivity contribution in [2.24, 2.45) is 0 Å². The number of hydrogen-bond acceptors (Lipinski definition) is 5. The van der Waals surface area contributed by atoms with Gasteiger partial charge in [-0.1, -0.05) is 11.6 Å². The predicted octanol–water partition coefficient (Wildman–Crippen LogP) is 3.77. The first-order valence-corrected chi connectivity index (χ1v) is 10.1. The van der Waals surface area contributed by atoms with Crippen molar-refractivity contribution in [2.75, 3.05) is 24.7 Å². The third-order valence-electron chi connectivity index (χ3n) is 4.54. The molecular formula is C20H18ClN3O3S. The Balaban J connectivity index is 1.39. The van der Waals surface area contributed by atoms with Crippen molar-refractivity contribution in [1.82, 2.24) is 9.55 Å². The number of nitrogens with zero attached hydrogens (tertiary/aromatic N) is 3. The van der Waals surface area contributed by atoms with E-state index in [0.29, 0.717) is 35.2 Å². The van der Waals surface area contributed by atoms with Gasteiger partial charge in [0.2, 0.25) is 0 Å². The molecule has 0 unspecified atom stereocenters. The van der Waals surface area contributed by atoms with Gasteiger partial charge in [-0.15, -0.1) is 11.3 Å². The molecule has 6 nitrogen and oxygen atoms in total. The lowest BCUT2D eigenvalue weighted by Crippen LogP contribution is -2.41. The van der Waals surface area contributed by atoms with Gasteiger partial charge in [-0.05, 0) is 42.8 Å². The Labute approximate surface area is 171 Å². The van der Waals surface area contributed by atoms with Gasteiger partial charge in [0, 0.05) is 30.5 Å². The van der Waals surface area contributed by atoms with Crippen molar-refractivity contribution in [3.63, 3.8) is 0 Å². The number of carbonyl (C=O) groups is 2. The molecule has 0 N–H and O–H groups in total. The first kappa shape index (κ1) is 18.9. The molecule has 1 aliphatic rings. The van der Waals surface area contributed by atoms with Gasteiger partial charge in [-0.2, -0.15) is 0 Å². The van der Waals surface area contributed by atoms with Crippen LogP contribution in [0.2, 0.25) is 4.34 Å². The maximum Gasteiger partial charge on any atom is 0.253 e. The zero-order chi connectivity index (χ0) is 19.5. The zero-order valence-electron chi connectivity index (χ0n) is 15.0. The number of aromatic nitrogens is 2. The molecule has 1 saturated heterocycles. The summed E-state index contributed by atoms with van der Waals surface area (Å²) >= 11 is 7.18. The lowest BCUT2D eigenvalue weighted by molar-refractivity contribution is -0.125. The highest BCUT2D eigenvalue weighted by atomic mass is 35.5. The van der Waals surface area contributed by atoms with Crippen LogP contribution in [0.1, 0.15) is 21.8 Å². The molecule has 1 fully saturated rings. The maximum absolute atomic E-state index is 12.2. The van der Waals surface area contributed by atoms with E-state index in [1.807, 2.05) is 35.0 Å². The average Bonchev–Trinajstić information content (AvgIpc) is 3.36. The summed E-state index contributed by atoms with van der Waals surface area (Å²) in [5.41, 5.74) is 2.65. The van der Waals surface area contributed by atoms with Crippen molar-refractivity contribution in [3.8, 4) is 5.69 Å². The first-order chi connectivity index (χ1) is 13.6. The first-order valence-electron chi connectivity index (χ1n) is 8.90. The van der Waals surface area contributed by atoms with Crippen molar-refractivity contribution < 1.29 is 14.3 Å². The van der Waals surface area contributed by atoms with Crippen LogP contribution in [0.15, 0.2) is 48.9 Å². The van der Waals surface area contributed by atoms with Gasteiger partial charge in [0.1, 0.15) is 6.61 Å². The molecule has 0 aliphatic carbocycles. The SMILES string of the molecule is O=C(CCc1cn(-c2ccc(N3CCOCC3=O)cc2)cn1)c1ccc(Cl)s1. The van der Waals surface area contributed by atoms with E-state index in [2.05, 4.69) is 4.98 Å². The molecule has 0 atom stereocenters. The third-order valence-corrected chi connectivity index (χ3v) is 5.81. The molecule has 3 aromatic rings. The molecule has 28 heavy (non-hydrogen) atoms. The molecule has 4 rings (SSSR count). The van der Waals surface area contributed by atoms with Gasteiger partial charge < -0.3 is 14.2 Å². The Kier molecular flexibility index (Phi) is 5.57. The number of aryl methyl sites for hydroxylation is 1. The molecule has 1 aliphatic heterocycles. The molecule has 0 saturated carbocycles. The van der Waals surface area contributed by atoms with Crippen LogP contribution in [0.5, 0.6) is 0 Å². The number of imidazole rings is 1. The summed E-state index contributed by atoms with van der Waals surface area (Å²) in [7, 11) is 0. The smallest absolute Gasteiger partial charge is 0.253 e. The third kappa shape index (κ3) is 4.16. The van der Waals surface area contributed by atoms with Crippen molar-refractivity contribution >= 4 is 40.3 Å². The number of halogens is 1. The highest BCUT2D eigenvalue weighted by Crippen LogP contribution is 2.23. The van der Waals surface area contributed by atoms with Gasteiger partial charge in [-0.25, -0.2) is 4.98 Å². The monoisotopic (exact) mass is 415 g/mol. The lowest BCUT2D eigenvalue weighted by Gasteiger charge is -2.26. The molecule has 0 radical (unpaired) electrons. The summed E-state index contributed by atoms with van der Waals surface area (Å²) in [5, 5.41) is 0. The summed E-state index contributed by atoms with van der Waals surface area (Å²) < 4.78 is 7.69. The minimum Gasteiger partial charge on any atom is -0.370 e. The fourth-order valence-corrected chi connectivity index (χ4v) is 4.07. The summed E-state index contributed by atoms with van der Waals surface area (Å²) in [4.78, 5) is 30.9. The molecule has 3 heterocycles.